The zero-order valence-electron chi connectivity index (χ0n) is 8.37. The van der Waals surface area contributed by atoms with Crippen LogP contribution in [0, 0.1) is 0 Å². The van der Waals surface area contributed by atoms with Crippen LogP contribution in [0.25, 0.3) is 0 Å². The largest absolute Gasteiger partial charge is 0.382 e. The molecule has 1 aromatic rings. The fourth-order valence-corrected chi connectivity index (χ4v) is 2.26. The summed E-state index contributed by atoms with van der Waals surface area (Å²) in [7, 11) is 0. The highest BCUT2D eigenvalue weighted by Crippen LogP contribution is 2.29. The van der Waals surface area contributed by atoms with E-state index < -0.39 is 4.32 Å². The van der Waals surface area contributed by atoms with Gasteiger partial charge in [-0.3, -0.25) is 0 Å². The normalized spacial score (nSPS) is 14.3. The van der Waals surface area contributed by atoms with E-state index in [-0.39, 0.29) is 5.97 Å². The average Bonchev–Trinajstić information content (AvgIpc) is 2.29. The average molecular weight is 336 g/mol. The van der Waals surface area contributed by atoms with Crippen molar-refractivity contribution in [2.75, 3.05) is 0 Å². The van der Waals surface area contributed by atoms with Gasteiger partial charge in [-0.25, -0.2) is 4.79 Å². The fraction of sp³-hybridized carbons (Fsp3) is 0.364. The first kappa shape index (κ1) is 12.7. The van der Waals surface area contributed by atoms with Crippen LogP contribution in [-0.2, 0) is 15.0 Å². The number of hydrogen-bond donors (Lipinski definition) is 0. The molecule has 0 fully saturated rings. The van der Waals surface area contributed by atoms with E-state index in [4.69, 9.17) is 0 Å². The van der Waals surface area contributed by atoms with Crippen LogP contribution in [0.2, 0.25) is 0 Å². The van der Waals surface area contributed by atoms with Gasteiger partial charge in [-0.15, -0.1) is 0 Å². The van der Waals surface area contributed by atoms with E-state index >= 15 is 0 Å². The molecule has 0 heterocycles. The highest BCUT2D eigenvalue weighted by Gasteiger charge is 2.35. The van der Waals surface area contributed by atoms with Crippen molar-refractivity contribution >= 4 is 38.2 Å². The fourth-order valence-electron chi connectivity index (χ4n) is 1.33. The second-order valence-electron chi connectivity index (χ2n) is 3.35. The molecule has 1 aromatic carbocycles. The van der Waals surface area contributed by atoms with Crippen molar-refractivity contribution in [2.24, 2.45) is 0 Å². The Morgan fingerprint density at radius 2 is 2.00 bits per heavy atom. The molecule has 4 heteroatoms. The van der Waals surface area contributed by atoms with Crippen LogP contribution in [0.1, 0.15) is 18.9 Å². The Morgan fingerprint density at radius 1 is 1.40 bits per heavy atom. The topological polar surface area (TPSA) is 26.3 Å². The van der Waals surface area contributed by atoms with Gasteiger partial charge in [-0.05, 0) is 18.4 Å². The maximum absolute atomic E-state index is 11.6. The predicted molar refractivity (Wildman–Crippen MR) is 67.1 cm³/mol. The minimum atomic E-state index is -0.641. The minimum absolute atomic E-state index is 0.297. The zero-order valence-corrected chi connectivity index (χ0v) is 11.5. The summed E-state index contributed by atoms with van der Waals surface area (Å²) < 4.78 is 3.96. The Labute approximate surface area is 107 Å². The lowest BCUT2D eigenvalue weighted by Gasteiger charge is -2.21. The number of rotatable bonds is 4. The molecule has 2 nitrogen and oxygen atoms in total. The van der Waals surface area contributed by atoms with Crippen molar-refractivity contribution in [3.05, 3.63) is 35.9 Å². The van der Waals surface area contributed by atoms with Gasteiger partial charge in [0.1, 0.15) is 4.32 Å². The highest BCUT2D eigenvalue weighted by molar-refractivity contribution is 9.10. The molecule has 0 aromatic heterocycles. The lowest BCUT2D eigenvalue weighted by atomic mass is 9.97. The molecule has 1 atom stereocenters. The third kappa shape index (κ3) is 3.31. The summed E-state index contributed by atoms with van der Waals surface area (Å²) in [6.07, 6.45) is 1.29. The van der Waals surface area contributed by atoms with E-state index in [0.29, 0.717) is 12.8 Å². The second kappa shape index (κ2) is 5.66. The van der Waals surface area contributed by atoms with E-state index in [1.165, 1.54) is 0 Å². The van der Waals surface area contributed by atoms with Gasteiger partial charge in [-0.1, -0.05) is 53.2 Å². The lowest BCUT2D eigenvalue weighted by molar-refractivity contribution is -0.134. The molecule has 0 bridgehead atoms. The smallest absolute Gasteiger partial charge is 0.334 e. The van der Waals surface area contributed by atoms with E-state index in [1.807, 2.05) is 37.3 Å². The number of carbonyl (C=O) groups is 1. The van der Waals surface area contributed by atoms with Crippen LogP contribution in [0.5, 0.6) is 0 Å². The molecule has 0 amide bonds. The number of carbonyl (C=O) groups excluding carboxylic acids is 1. The maximum atomic E-state index is 11.6. The molecule has 0 aliphatic rings. The van der Waals surface area contributed by atoms with Crippen molar-refractivity contribution in [3.8, 4) is 0 Å². The molecule has 0 spiro atoms. The first-order valence-electron chi connectivity index (χ1n) is 4.68. The Bertz CT molecular complexity index is 327. The summed E-state index contributed by atoms with van der Waals surface area (Å²) in [6.45, 7) is 1.95. The molecule has 82 valence electrons. The Morgan fingerprint density at radius 3 is 2.47 bits per heavy atom. The van der Waals surface area contributed by atoms with Gasteiger partial charge in [0.05, 0.1) is 0 Å². The molecule has 0 N–H and O–H groups in total. The van der Waals surface area contributed by atoms with Crippen LogP contribution in [0.3, 0.4) is 0 Å². The maximum Gasteiger partial charge on any atom is 0.334 e. The van der Waals surface area contributed by atoms with Crippen molar-refractivity contribution in [1.82, 2.24) is 0 Å². The van der Waals surface area contributed by atoms with Crippen molar-refractivity contribution in [2.45, 2.75) is 24.1 Å². The lowest BCUT2D eigenvalue weighted by Crippen LogP contribution is -2.33. The van der Waals surface area contributed by atoms with Gasteiger partial charge in [0, 0.05) is 0 Å². The Balaban J connectivity index is 2.81. The number of alkyl halides is 1. The molecule has 0 radical (unpaired) electrons. The highest BCUT2D eigenvalue weighted by atomic mass is 79.9. The third-order valence-corrected chi connectivity index (χ3v) is 3.78. The summed E-state index contributed by atoms with van der Waals surface area (Å²) in [5.41, 5.74) is 1.11. The summed E-state index contributed by atoms with van der Waals surface area (Å²) in [4.78, 5) is 11.6. The van der Waals surface area contributed by atoms with Crippen molar-refractivity contribution in [1.29, 1.82) is 0 Å². The Hall–Kier alpha value is -0.350. The number of hydrogen-bond acceptors (Lipinski definition) is 2. The van der Waals surface area contributed by atoms with Gasteiger partial charge >= 0.3 is 5.97 Å². The van der Waals surface area contributed by atoms with Gasteiger partial charge in [0.15, 0.2) is 16.3 Å². The predicted octanol–water partition coefficient (Wildman–Crippen LogP) is 3.63. The molecule has 0 aliphatic carbocycles. The van der Waals surface area contributed by atoms with Crippen LogP contribution < -0.4 is 0 Å². The van der Waals surface area contributed by atoms with E-state index in [2.05, 4.69) is 36.0 Å². The molecule has 1 rings (SSSR count). The molecule has 0 saturated heterocycles. The molecular formula is C11H12Br2O2. The van der Waals surface area contributed by atoms with E-state index in [9.17, 15) is 4.79 Å². The number of halogens is 2. The van der Waals surface area contributed by atoms with Crippen LogP contribution in [0.15, 0.2) is 30.3 Å². The van der Waals surface area contributed by atoms with Crippen molar-refractivity contribution < 1.29 is 8.62 Å². The minimum Gasteiger partial charge on any atom is -0.382 e. The van der Waals surface area contributed by atoms with Crippen LogP contribution in [-0.4, -0.2) is 10.3 Å². The third-order valence-electron chi connectivity index (χ3n) is 2.32. The summed E-state index contributed by atoms with van der Waals surface area (Å²) in [6, 6.07) is 9.85. The van der Waals surface area contributed by atoms with E-state index in [1.54, 1.807) is 0 Å². The zero-order chi connectivity index (χ0) is 11.3. The van der Waals surface area contributed by atoms with Crippen LogP contribution in [0.4, 0.5) is 0 Å². The molecular weight excluding hydrogens is 324 g/mol. The van der Waals surface area contributed by atoms with Gasteiger partial charge in [0.2, 0.25) is 0 Å². The van der Waals surface area contributed by atoms with Crippen LogP contribution >= 0.6 is 32.2 Å². The standard InChI is InChI=1S/C11H12Br2O2/c1-2-11(12,10(14)15-13)8-9-6-4-3-5-7-9/h3-7H,2,8H2,1H3. The number of benzene rings is 1. The summed E-state index contributed by atoms with van der Waals surface area (Å²) >= 11 is 6.17. The first-order valence-corrected chi connectivity index (χ1v) is 6.12. The second-order valence-corrected chi connectivity index (χ2v) is 5.19. The van der Waals surface area contributed by atoms with E-state index in [0.717, 1.165) is 5.56 Å². The molecule has 0 aliphatic heterocycles. The monoisotopic (exact) mass is 334 g/mol. The van der Waals surface area contributed by atoms with Gasteiger partial charge in [0.25, 0.3) is 0 Å². The quantitative estimate of drug-likeness (QED) is 0.785. The molecule has 0 saturated carbocycles. The van der Waals surface area contributed by atoms with Gasteiger partial charge in [-0.2, -0.15) is 0 Å². The SMILES string of the molecule is CCC(Br)(Cc1ccccc1)C(=O)OBr. The first-order chi connectivity index (χ1) is 7.12. The summed E-state index contributed by atoms with van der Waals surface area (Å²) in [5, 5.41) is 0. The van der Waals surface area contributed by atoms with Crippen molar-refractivity contribution in [3.63, 3.8) is 0 Å². The van der Waals surface area contributed by atoms with Gasteiger partial charge < -0.3 is 3.83 Å². The summed E-state index contributed by atoms with van der Waals surface area (Å²) in [5.74, 6) is -0.297. The molecule has 1 unspecified atom stereocenters. The molecule has 15 heavy (non-hydrogen) atoms. The Kier molecular flexibility index (Phi) is 4.80.